The number of hydrogen-bond acceptors (Lipinski definition) is 4. The van der Waals surface area contributed by atoms with Crippen LogP contribution in [0.15, 0.2) is 60.0 Å². The number of carbonyl (C=O) groups excluding carboxylic acids is 1. The summed E-state index contributed by atoms with van der Waals surface area (Å²) < 4.78 is 1.84. The molecule has 0 atom stereocenters. The molecule has 0 aliphatic carbocycles. The Balaban J connectivity index is 1.49. The Morgan fingerprint density at radius 3 is 2.96 bits per heavy atom. The van der Waals surface area contributed by atoms with Gasteiger partial charge in [0, 0.05) is 17.3 Å². The zero-order valence-corrected chi connectivity index (χ0v) is 15.6. The SMILES string of the molecule is O=C(CSc1nncn1-c1cccc(Cl)c1)N1CCCc2ccccc21. The maximum absolute atomic E-state index is 12.8. The summed E-state index contributed by atoms with van der Waals surface area (Å²) in [7, 11) is 0. The highest BCUT2D eigenvalue weighted by atomic mass is 35.5. The summed E-state index contributed by atoms with van der Waals surface area (Å²) in [4.78, 5) is 14.7. The fraction of sp³-hybridized carbons (Fsp3) is 0.211. The largest absolute Gasteiger partial charge is 0.311 e. The molecule has 5 nitrogen and oxygen atoms in total. The predicted octanol–water partition coefficient (Wildman–Crippen LogP) is 3.99. The number of carbonyl (C=O) groups is 1. The molecule has 0 bridgehead atoms. The number of rotatable bonds is 4. The molecule has 0 N–H and O–H groups in total. The monoisotopic (exact) mass is 384 g/mol. The van der Waals surface area contributed by atoms with Crippen LogP contribution in [0.5, 0.6) is 0 Å². The lowest BCUT2D eigenvalue weighted by Crippen LogP contribution is -2.36. The van der Waals surface area contributed by atoms with Crippen molar-refractivity contribution in [3.63, 3.8) is 0 Å². The maximum atomic E-state index is 12.8. The minimum absolute atomic E-state index is 0.0859. The molecule has 0 unspecified atom stereocenters. The third kappa shape index (κ3) is 3.48. The molecule has 7 heteroatoms. The molecular formula is C19H17ClN4OS. The Labute approximate surface area is 161 Å². The van der Waals surface area contributed by atoms with Crippen LogP contribution in [-0.4, -0.2) is 33.0 Å². The molecule has 0 spiro atoms. The van der Waals surface area contributed by atoms with Crippen LogP contribution in [0, 0.1) is 0 Å². The molecule has 0 saturated carbocycles. The number of amides is 1. The average Bonchev–Trinajstić information content (AvgIpc) is 3.14. The molecule has 3 aromatic rings. The third-order valence-corrected chi connectivity index (χ3v) is 5.50. The fourth-order valence-corrected chi connectivity index (χ4v) is 4.11. The number of benzene rings is 2. The summed E-state index contributed by atoms with van der Waals surface area (Å²) in [5.41, 5.74) is 3.14. The van der Waals surface area contributed by atoms with Crippen molar-refractivity contribution in [2.24, 2.45) is 0 Å². The van der Waals surface area contributed by atoms with E-state index >= 15 is 0 Å². The van der Waals surface area contributed by atoms with Crippen molar-refractivity contribution in [1.29, 1.82) is 0 Å². The smallest absolute Gasteiger partial charge is 0.237 e. The van der Waals surface area contributed by atoms with Crippen LogP contribution in [-0.2, 0) is 11.2 Å². The number of thioether (sulfide) groups is 1. The molecule has 0 saturated heterocycles. The Morgan fingerprint density at radius 1 is 1.19 bits per heavy atom. The molecule has 0 fully saturated rings. The number of aryl methyl sites for hydroxylation is 1. The van der Waals surface area contributed by atoms with Gasteiger partial charge in [-0.1, -0.05) is 47.6 Å². The van der Waals surface area contributed by atoms with Crippen molar-refractivity contribution < 1.29 is 4.79 Å². The van der Waals surface area contributed by atoms with Crippen molar-refractivity contribution in [1.82, 2.24) is 14.8 Å². The summed E-state index contributed by atoms with van der Waals surface area (Å²) in [6.07, 6.45) is 3.65. The van der Waals surface area contributed by atoms with Crippen molar-refractivity contribution in [3.05, 3.63) is 65.4 Å². The minimum Gasteiger partial charge on any atom is -0.311 e. The first-order valence-corrected chi connectivity index (χ1v) is 9.76. The molecule has 0 radical (unpaired) electrons. The summed E-state index contributed by atoms with van der Waals surface area (Å²) >= 11 is 7.46. The van der Waals surface area contributed by atoms with Crippen LogP contribution in [0.3, 0.4) is 0 Å². The fourth-order valence-electron chi connectivity index (χ4n) is 3.12. The quantitative estimate of drug-likeness (QED) is 0.638. The molecule has 1 amide bonds. The van der Waals surface area contributed by atoms with E-state index in [1.54, 1.807) is 6.33 Å². The zero-order chi connectivity index (χ0) is 17.9. The first-order chi connectivity index (χ1) is 12.7. The van der Waals surface area contributed by atoms with Gasteiger partial charge in [-0.3, -0.25) is 9.36 Å². The Hall–Kier alpha value is -2.31. The maximum Gasteiger partial charge on any atom is 0.237 e. The second-order valence-electron chi connectivity index (χ2n) is 6.03. The molecule has 26 heavy (non-hydrogen) atoms. The molecule has 2 aromatic carbocycles. The van der Waals surface area contributed by atoms with E-state index in [1.807, 2.05) is 51.9 Å². The van der Waals surface area contributed by atoms with Gasteiger partial charge in [-0.25, -0.2) is 0 Å². The number of nitrogens with zero attached hydrogens (tertiary/aromatic N) is 4. The Kier molecular flexibility index (Phi) is 4.95. The second kappa shape index (κ2) is 7.51. The van der Waals surface area contributed by atoms with Crippen LogP contribution < -0.4 is 4.90 Å². The minimum atomic E-state index is 0.0859. The van der Waals surface area contributed by atoms with Gasteiger partial charge in [-0.05, 0) is 42.7 Å². The molecule has 4 rings (SSSR count). The number of hydrogen-bond donors (Lipinski definition) is 0. The molecule has 1 aliphatic heterocycles. The lowest BCUT2D eigenvalue weighted by Gasteiger charge is -2.29. The van der Waals surface area contributed by atoms with Gasteiger partial charge in [0.05, 0.1) is 11.4 Å². The predicted molar refractivity (Wildman–Crippen MR) is 104 cm³/mol. The van der Waals surface area contributed by atoms with Crippen molar-refractivity contribution in [2.75, 3.05) is 17.2 Å². The van der Waals surface area contributed by atoms with E-state index in [-0.39, 0.29) is 5.91 Å². The van der Waals surface area contributed by atoms with Crippen LogP contribution in [0.2, 0.25) is 5.02 Å². The van der Waals surface area contributed by atoms with Crippen LogP contribution in [0.1, 0.15) is 12.0 Å². The lowest BCUT2D eigenvalue weighted by atomic mass is 10.0. The van der Waals surface area contributed by atoms with E-state index in [2.05, 4.69) is 16.3 Å². The first-order valence-electron chi connectivity index (χ1n) is 8.39. The molecular weight excluding hydrogens is 368 g/mol. The van der Waals surface area contributed by atoms with Crippen LogP contribution in [0.25, 0.3) is 5.69 Å². The van der Waals surface area contributed by atoms with Gasteiger partial charge < -0.3 is 4.90 Å². The third-order valence-electron chi connectivity index (χ3n) is 4.34. The highest BCUT2D eigenvalue weighted by Crippen LogP contribution is 2.28. The van der Waals surface area contributed by atoms with Gasteiger partial charge in [0.25, 0.3) is 0 Å². The second-order valence-corrected chi connectivity index (χ2v) is 7.41. The molecule has 1 aliphatic rings. The number of fused-ring (bicyclic) bond motifs is 1. The zero-order valence-electron chi connectivity index (χ0n) is 14.0. The lowest BCUT2D eigenvalue weighted by molar-refractivity contribution is -0.116. The van der Waals surface area contributed by atoms with E-state index in [1.165, 1.54) is 17.3 Å². The number of para-hydroxylation sites is 1. The van der Waals surface area contributed by atoms with E-state index < -0.39 is 0 Å². The van der Waals surface area contributed by atoms with Gasteiger partial charge in [-0.2, -0.15) is 0 Å². The summed E-state index contributed by atoms with van der Waals surface area (Å²) in [6.45, 7) is 0.761. The number of anilines is 1. The van der Waals surface area contributed by atoms with Gasteiger partial charge in [0.2, 0.25) is 5.91 Å². The summed E-state index contributed by atoms with van der Waals surface area (Å²) in [5.74, 6) is 0.399. The normalized spacial score (nSPS) is 13.5. The van der Waals surface area contributed by atoms with E-state index in [0.29, 0.717) is 15.9 Å². The molecule has 2 heterocycles. The van der Waals surface area contributed by atoms with Crippen molar-refractivity contribution in [2.45, 2.75) is 18.0 Å². The highest BCUT2D eigenvalue weighted by molar-refractivity contribution is 7.99. The first kappa shape index (κ1) is 17.1. The topological polar surface area (TPSA) is 51.0 Å². The Bertz CT molecular complexity index is 943. The average molecular weight is 385 g/mol. The summed E-state index contributed by atoms with van der Waals surface area (Å²) in [5, 5.41) is 9.44. The standard InChI is InChI=1S/C19H17ClN4OS/c20-15-7-3-8-16(11-15)24-13-21-22-19(24)26-12-18(25)23-10-4-6-14-5-1-2-9-17(14)23/h1-3,5,7-9,11,13H,4,6,10,12H2. The van der Waals surface area contributed by atoms with Crippen LogP contribution >= 0.6 is 23.4 Å². The number of halogens is 1. The van der Waals surface area contributed by atoms with Crippen molar-refractivity contribution in [3.8, 4) is 5.69 Å². The van der Waals surface area contributed by atoms with Gasteiger partial charge in [0.15, 0.2) is 5.16 Å². The number of aromatic nitrogens is 3. The van der Waals surface area contributed by atoms with Gasteiger partial charge in [0.1, 0.15) is 6.33 Å². The van der Waals surface area contributed by atoms with Crippen LogP contribution in [0.4, 0.5) is 5.69 Å². The van der Waals surface area contributed by atoms with Gasteiger partial charge >= 0.3 is 0 Å². The van der Waals surface area contributed by atoms with E-state index in [0.717, 1.165) is 30.8 Å². The van der Waals surface area contributed by atoms with Crippen molar-refractivity contribution >= 4 is 35.0 Å². The van der Waals surface area contributed by atoms with E-state index in [4.69, 9.17) is 11.6 Å². The summed E-state index contributed by atoms with van der Waals surface area (Å²) in [6, 6.07) is 15.6. The van der Waals surface area contributed by atoms with E-state index in [9.17, 15) is 4.79 Å². The molecule has 132 valence electrons. The Morgan fingerprint density at radius 2 is 2.08 bits per heavy atom. The highest BCUT2D eigenvalue weighted by Gasteiger charge is 2.22. The molecule has 1 aromatic heterocycles. The van der Waals surface area contributed by atoms with Gasteiger partial charge in [-0.15, -0.1) is 10.2 Å².